The van der Waals surface area contributed by atoms with Gasteiger partial charge >= 0.3 is 6.18 Å². The molecule has 0 atom stereocenters. The lowest BCUT2D eigenvalue weighted by molar-refractivity contribution is -0.147. The molecule has 0 saturated heterocycles. The van der Waals surface area contributed by atoms with Gasteiger partial charge < -0.3 is 9.47 Å². The molecule has 21 heavy (non-hydrogen) atoms. The van der Waals surface area contributed by atoms with E-state index in [1.165, 1.54) is 6.20 Å². The quantitative estimate of drug-likeness (QED) is 0.611. The van der Waals surface area contributed by atoms with Crippen LogP contribution in [0.25, 0.3) is 0 Å². The van der Waals surface area contributed by atoms with Crippen LogP contribution in [0, 0.1) is 0 Å². The molecule has 1 aliphatic heterocycles. The first-order valence-corrected chi connectivity index (χ1v) is 6.03. The zero-order valence-electron chi connectivity index (χ0n) is 10.7. The summed E-state index contributed by atoms with van der Waals surface area (Å²) < 4.78 is 39.3. The number of nitrogens with one attached hydrogen (secondary N) is 1. The van der Waals surface area contributed by atoms with E-state index in [4.69, 9.17) is 5.84 Å². The molecule has 3 rings (SSSR count). The third kappa shape index (κ3) is 2.46. The predicted molar refractivity (Wildman–Crippen MR) is 65.9 cm³/mol. The van der Waals surface area contributed by atoms with Crippen LogP contribution in [0.5, 0.6) is 0 Å². The summed E-state index contributed by atoms with van der Waals surface area (Å²) in [4.78, 5) is 9.80. The molecule has 0 amide bonds. The summed E-state index contributed by atoms with van der Waals surface area (Å²) in [5, 5.41) is 6.84. The second-order valence-corrected chi connectivity index (χ2v) is 4.39. The fourth-order valence-electron chi connectivity index (χ4n) is 2.16. The van der Waals surface area contributed by atoms with Gasteiger partial charge in [-0.15, -0.1) is 10.2 Å². The zero-order chi connectivity index (χ0) is 15.0. The number of nitrogens with zero attached hydrogens (tertiary/aromatic N) is 6. The third-order valence-corrected chi connectivity index (χ3v) is 3.10. The summed E-state index contributed by atoms with van der Waals surface area (Å²) in [5.74, 6) is 5.30. The molecule has 0 aromatic carbocycles. The average molecular weight is 300 g/mol. The van der Waals surface area contributed by atoms with Crippen molar-refractivity contribution in [3.05, 3.63) is 23.9 Å². The second-order valence-electron chi connectivity index (χ2n) is 4.39. The highest BCUT2D eigenvalue weighted by molar-refractivity contribution is 5.42. The molecule has 11 heteroatoms. The number of aromatic nitrogens is 5. The number of hydrogen-bond donors (Lipinski definition) is 2. The van der Waals surface area contributed by atoms with Crippen LogP contribution in [0.4, 0.5) is 24.9 Å². The van der Waals surface area contributed by atoms with Crippen LogP contribution in [0.3, 0.4) is 0 Å². The number of anilines is 2. The molecule has 0 fully saturated rings. The van der Waals surface area contributed by atoms with Gasteiger partial charge in [0, 0.05) is 19.3 Å². The van der Waals surface area contributed by atoms with Crippen LogP contribution in [-0.2, 0) is 19.3 Å². The zero-order valence-corrected chi connectivity index (χ0v) is 10.7. The normalized spacial score (nSPS) is 15.0. The molecule has 0 saturated carbocycles. The van der Waals surface area contributed by atoms with Gasteiger partial charge in [0.15, 0.2) is 5.82 Å². The third-order valence-electron chi connectivity index (χ3n) is 3.10. The van der Waals surface area contributed by atoms with Gasteiger partial charge in [-0.3, -0.25) is 5.43 Å². The number of fused-ring (bicyclic) bond motifs is 1. The van der Waals surface area contributed by atoms with Crippen molar-refractivity contribution in [3.8, 4) is 0 Å². The molecule has 3 heterocycles. The highest BCUT2D eigenvalue weighted by Gasteiger charge is 2.39. The van der Waals surface area contributed by atoms with Crippen LogP contribution in [0.2, 0.25) is 0 Å². The number of rotatable bonds is 2. The topological polar surface area (TPSA) is 97.8 Å². The van der Waals surface area contributed by atoms with Gasteiger partial charge in [-0.25, -0.2) is 10.8 Å². The van der Waals surface area contributed by atoms with Gasteiger partial charge in [-0.05, 0) is 6.07 Å². The largest absolute Gasteiger partial charge is 0.451 e. The minimum atomic E-state index is -4.50. The Kier molecular flexibility index (Phi) is 3.12. The summed E-state index contributed by atoms with van der Waals surface area (Å²) in [6, 6.07) is 1.65. The minimum absolute atomic E-state index is 0.132. The van der Waals surface area contributed by atoms with Crippen LogP contribution in [0.1, 0.15) is 11.6 Å². The lowest BCUT2D eigenvalue weighted by Gasteiger charge is -2.28. The smallest absolute Gasteiger partial charge is 0.347 e. The van der Waals surface area contributed by atoms with Crippen molar-refractivity contribution in [1.82, 2.24) is 24.7 Å². The SMILES string of the molecule is NNc1nccc(N2CCn3c(nnc3C(F)(F)F)C2)n1. The molecule has 0 bridgehead atoms. The van der Waals surface area contributed by atoms with Crippen LogP contribution in [0.15, 0.2) is 12.3 Å². The fraction of sp³-hybridized carbons (Fsp3) is 0.400. The van der Waals surface area contributed by atoms with E-state index in [2.05, 4.69) is 25.6 Å². The van der Waals surface area contributed by atoms with Gasteiger partial charge in [-0.2, -0.15) is 18.2 Å². The van der Waals surface area contributed by atoms with E-state index in [1.807, 2.05) is 0 Å². The van der Waals surface area contributed by atoms with E-state index in [0.717, 1.165) is 4.57 Å². The van der Waals surface area contributed by atoms with E-state index in [1.54, 1.807) is 11.0 Å². The van der Waals surface area contributed by atoms with E-state index >= 15 is 0 Å². The lowest BCUT2D eigenvalue weighted by Crippen LogP contribution is -2.36. The minimum Gasteiger partial charge on any atom is -0.347 e. The van der Waals surface area contributed by atoms with Crippen molar-refractivity contribution in [3.63, 3.8) is 0 Å². The van der Waals surface area contributed by atoms with Crippen LogP contribution >= 0.6 is 0 Å². The van der Waals surface area contributed by atoms with Crippen molar-refractivity contribution in [2.45, 2.75) is 19.3 Å². The number of hydrogen-bond acceptors (Lipinski definition) is 7. The Morgan fingerprint density at radius 2 is 2.05 bits per heavy atom. The first-order valence-electron chi connectivity index (χ1n) is 6.03. The van der Waals surface area contributed by atoms with Crippen molar-refractivity contribution < 1.29 is 13.2 Å². The summed E-state index contributed by atoms with van der Waals surface area (Å²) in [7, 11) is 0. The Hall–Kier alpha value is -2.43. The standard InChI is InChI=1S/C10H11F3N8/c11-10(12,13)8-19-18-7-5-20(3-4-21(7)8)6-1-2-15-9(16-6)17-14/h1-2H,3-5,14H2,(H,15,16,17). The molecule has 0 spiro atoms. The molecule has 8 nitrogen and oxygen atoms in total. The van der Waals surface area contributed by atoms with Crippen LogP contribution in [-0.4, -0.2) is 31.3 Å². The summed E-state index contributed by atoms with van der Waals surface area (Å²) in [5.41, 5.74) is 2.32. The van der Waals surface area contributed by atoms with Crippen molar-refractivity contribution in [2.75, 3.05) is 16.9 Å². The Bertz CT molecular complexity index is 652. The van der Waals surface area contributed by atoms with Gasteiger partial charge in [-0.1, -0.05) is 0 Å². The molecule has 0 unspecified atom stereocenters. The van der Waals surface area contributed by atoms with Crippen molar-refractivity contribution in [2.24, 2.45) is 5.84 Å². The van der Waals surface area contributed by atoms with Gasteiger partial charge in [0.25, 0.3) is 0 Å². The number of halogens is 3. The molecular weight excluding hydrogens is 289 g/mol. The monoisotopic (exact) mass is 300 g/mol. The van der Waals surface area contributed by atoms with Gasteiger partial charge in [0.1, 0.15) is 5.82 Å². The van der Waals surface area contributed by atoms with Gasteiger partial charge in [0.05, 0.1) is 6.54 Å². The van der Waals surface area contributed by atoms with Crippen molar-refractivity contribution >= 4 is 11.8 Å². The first-order chi connectivity index (χ1) is 9.99. The number of alkyl halides is 3. The highest BCUT2D eigenvalue weighted by Crippen LogP contribution is 2.30. The van der Waals surface area contributed by atoms with Gasteiger partial charge in [0.2, 0.25) is 11.8 Å². The van der Waals surface area contributed by atoms with E-state index in [0.29, 0.717) is 12.4 Å². The average Bonchev–Trinajstić information content (AvgIpc) is 2.90. The predicted octanol–water partition coefficient (Wildman–Crippen LogP) is 0.393. The maximum absolute atomic E-state index is 12.7. The molecule has 0 aliphatic carbocycles. The number of nitrogens with two attached hydrogens (primary N) is 1. The number of nitrogen functional groups attached to an aromatic ring is 1. The molecule has 3 N–H and O–H groups in total. The van der Waals surface area contributed by atoms with E-state index < -0.39 is 12.0 Å². The maximum Gasteiger partial charge on any atom is 0.451 e. The Labute approximate surface area is 116 Å². The molecule has 2 aromatic heterocycles. The summed E-state index contributed by atoms with van der Waals surface area (Å²) in [6.07, 6.45) is -2.99. The Balaban J connectivity index is 1.86. The summed E-state index contributed by atoms with van der Waals surface area (Å²) in [6.45, 7) is 0.672. The molecule has 0 radical (unpaired) electrons. The highest BCUT2D eigenvalue weighted by atomic mass is 19.4. The molecule has 112 valence electrons. The van der Waals surface area contributed by atoms with E-state index in [9.17, 15) is 13.2 Å². The summed E-state index contributed by atoms with van der Waals surface area (Å²) >= 11 is 0. The Morgan fingerprint density at radius 3 is 2.76 bits per heavy atom. The first kappa shape index (κ1) is 13.5. The molecule has 2 aromatic rings. The lowest BCUT2D eigenvalue weighted by atomic mass is 10.3. The van der Waals surface area contributed by atoms with Crippen LogP contribution < -0.4 is 16.2 Å². The van der Waals surface area contributed by atoms with E-state index in [-0.39, 0.29) is 24.9 Å². The second kappa shape index (κ2) is 4.84. The Morgan fingerprint density at radius 1 is 1.24 bits per heavy atom. The fourth-order valence-corrected chi connectivity index (χ4v) is 2.16. The molecular formula is C10H11F3N8. The maximum atomic E-state index is 12.7. The van der Waals surface area contributed by atoms with Crippen molar-refractivity contribution in [1.29, 1.82) is 0 Å². The number of hydrazine groups is 1. The molecule has 1 aliphatic rings.